The summed E-state index contributed by atoms with van der Waals surface area (Å²) in [6.07, 6.45) is 6.81. The van der Waals surface area contributed by atoms with E-state index in [0.717, 1.165) is 17.6 Å². The zero-order valence-corrected chi connectivity index (χ0v) is 16.0. The molecule has 0 aliphatic heterocycles. The van der Waals surface area contributed by atoms with Crippen LogP contribution in [0.4, 0.5) is 4.39 Å². The Bertz CT molecular complexity index is 811. The van der Waals surface area contributed by atoms with Gasteiger partial charge in [0, 0.05) is 17.4 Å². The first-order valence-electron chi connectivity index (χ1n) is 9.80. The molecule has 0 bridgehead atoms. The van der Waals surface area contributed by atoms with Crippen molar-refractivity contribution in [2.75, 3.05) is 0 Å². The molecule has 2 N–H and O–H groups in total. The number of fused-ring (bicyclic) bond motifs is 5. The number of ketones is 1. The van der Waals surface area contributed by atoms with Gasteiger partial charge in [-0.2, -0.15) is 0 Å². The van der Waals surface area contributed by atoms with E-state index in [1.165, 1.54) is 18.2 Å². The van der Waals surface area contributed by atoms with Crippen molar-refractivity contribution >= 4 is 11.8 Å². The molecule has 0 saturated heterocycles. The Balaban J connectivity index is 1.83. The fourth-order valence-electron chi connectivity index (χ4n) is 6.84. The van der Waals surface area contributed by atoms with Crippen LogP contribution in [0.5, 0.6) is 0 Å². The van der Waals surface area contributed by atoms with Crippen molar-refractivity contribution in [3.63, 3.8) is 0 Å². The van der Waals surface area contributed by atoms with Crippen molar-refractivity contribution in [3.05, 3.63) is 35.5 Å². The molecule has 4 nitrogen and oxygen atoms in total. The summed E-state index contributed by atoms with van der Waals surface area (Å²) in [4.78, 5) is 23.2. The van der Waals surface area contributed by atoms with E-state index >= 15 is 4.39 Å². The highest BCUT2D eigenvalue weighted by atomic mass is 19.1. The van der Waals surface area contributed by atoms with Crippen LogP contribution in [-0.2, 0) is 9.59 Å². The van der Waals surface area contributed by atoms with Crippen LogP contribution in [0.2, 0.25) is 0 Å². The minimum absolute atomic E-state index is 0.0177. The van der Waals surface area contributed by atoms with Gasteiger partial charge in [0.1, 0.15) is 0 Å². The third-order valence-electron chi connectivity index (χ3n) is 8.11. The van der Waals surface area contributed by atoms with Crippen molar-refractivity contribution in [1.29, 1.82) is 0 Å². The molecule has 27 heavy (non-hydrogen) atoms. The van der Waals surface area contributed by atoms with Crippen LogP contribution in [0.15, 0.2) is 35.5 Å². The maximum atomic E-state index is 16.8. The van der Waals surface area contributed by atoms with E-state index in [4.69, 9.17) is 0 Å². The highest BCUT2D eigenvalue weighted by molar-refractivity contribution is 6.01. The Morgan fingerprint density at radius 1 is 1.33 bits per heavy atom. The molecule has 5 heteroatoms. The van der Waals surface area contributed by atoms with Gasteiger partial charge in [-0.25, -0.2) is 9.18 Å². The lowest BCUT2D eigenvalue weighted by Crippen LogP contribution is -2.66. The first kappa shape index (κ1) is 18.6. The first-order chi connectivity index (χ1) is 12.5. The van der Waals surface area contributed by atoms with E-state index in [-0.39, 0.29) is 30.0 Å². The molecule has 0 aromatic heterocycles. The number of aliphatic hydroxyl groups is 1. The predicted molar refractivity (Wildman–Crippen MR) is 98.6 cm³/mol. The lowest BCUT2D eigenvalue weighted by atomic mass is 9.45. The molecular formula is C22H27FO4. The van der Waals surface area contributed by atoms with Gasteiger partial charge in [-0.1, -0.05) is 31.1 Å². The van der Waals surface area contributed by atoms with E-state index in [2.05, 4.69) is 0 Å². The van der Waals surface area contributed by atoms with Crippen LogP contribution in [-0.4, -0.2) is 33.7 Å². The third kappa shape index (κ3) is 2.24. The fraction of sp³-hybridized carbons (Fsp3) is 0.636. The second-order valence-corrected chi connectivity index (χ2v) is 9.34. The number of carboxylic acid groups (broad SMARTS) is 1. The summed E-state index contributed by atoms with van der Waals surface area (Å²) in [6, 6.07) is 0. The van der Waals surface area contributed by atoms with Crippen LogP contribution in [0, 0.1) is 28.6 Å². The van der Waals surface area contributed by atoms with E-state index in [1.54, 1.807) is 13.0 Å². The van der Waals surface area contributed by atoms with Crippen LogP contribution in [0.25, 0.3) is 0 Å². The highest BCUT2D eigenvalue weighted by Crippen LogP contribution is 2.69. The number of halogens is 1. The van der Waals surface area contributed by atoms with Gasteiger partial charge in [-0.3, -0.25) is 4.79 Å². The van der Waals surface area contributed by atoms with Crippen molar-refractivity contribution in [2.45, 2.75) is 58.2 Å². The Labute approximate surface area is 158 Å². The zero-order valence-electron chi connectivity index (χ0n) is 16.0. The van der Waals surface area contributed by atoms with Gasteiger partial charge in [0.25, 0.3) is 0 Å². The molecule has 3 fully saturated rings. The first-order valence-corrected chi connectivity index (χ1v) is 9.80. The van der Waals surface area contributed by atoms with E-state index in [1.807, 2.05) is 13.8 Å². The summed E-state index contributed by atoms with van der Waals surface area (Å²) in [5.74, 6) is -1.44. The fourth-order valence-corrected chi connectivity index (χ4v) is 6.84. The number of aliphatic hydroxyl groups excluding tert-OH is 1. The molecule has 2 unspecified atom stereocenters. The average molecular weight is 374 g/mol. The van der Waals surface area contributed by atoms with Gasteiger partial charge in [0.2, 0.25) is 0 Å². The molecule has 7 atom stereocenters. The van der Waals surface area contributed by atoms with Gasteiger partial charge in [0.05, 0.1) is 6.10 Å². The number of alkyl halides is 1. The second-order valence-electron chi connectivity index (χ2n) is 9.34. The lowest BCUT2D eigenvalue weighted by Gasteiger charge is -2.61. The molecule has 4 rings (SSSR count). The second kappa shape index (κ2) is 5.63. The van der Waals surface area contributed by atoms with Crippen LogP contribution in [0.3, 0.4) is 0 Å². The number of rotatable bonds is 1. The quantitative estimate of drug-likeness (QED) is 0.688. The maximum absolute atomic E-state index is 16.8. The number of carbonyl (C=O) groups is 2. The SMILES string of the molecule is C[C@H]1CC2C3CCC4=CC(=O)C=C[C@]4(C)[C@@]3(F)[C@@H](O)C[C@]2(C)/C1=C/C(=O)O. The summed E-state index contributed by atoms with van der Waals surface area (Å²) in [7, 11) is 0. The molecule has 0 aromatic rings. The largest absolute Gasteiger partial charge is 0.478 e. The summed E-state index contributed by atoms with van der Waals surface area (Å²) in [5.41, 5.74) is -1.77. The van der Waals surface area contributed by atoms with E-state index in [0.29, 0.717) is 12.8 Å². The number of carbonyl (C=O) groups excluding carboxylic acids is 1. The Morgan fingerprint density at radius 2 is 2.04 bits per heavy atom. The highest BCUT2D eigenvalue weighted by Gasteiger charge is 2.70. The summed E-state index contributed by atoms with van der Waals surface area (Å²) < 4.78 is 16.8. The monoisotopic (exact) mass is 374 g/mol. The Hall–Kier alpha value is -1.75. The number of allylic oxidation sites excluding steroid dienone is 5. The topological polar surface area (TPSA) is 74.6 Å². The van der Waals surface area contributed by atoms with Crippen molar-refractivity contribution < 1.29 is 24.2 Å². The molecule has 4 aliphatic rings. The number of hydrogen-bond donors (Lipinski definition) is 2. The average Bonchev–Trinajstić information content (AvgIpc) is 2.81. The third-order valence-corrected chi connectivity index (χ3v) is 8.11. The number of hydrogen-bond acceptors (Lipinski definition) is 3. The number of carboxylic acids is 1. The van der Waals surface area contributed by atoms with E-state index in [9.17, 15) is 19.8 Å². The molecule has 3 saturated carbocycles. The Kier molecular flexibility index (Phi) is 3.88. The minimum atomic E-state index is -1.85. The molecule has 4 aliphatic carbocycles. The van der Waals surface area contributed by atoms with Crippen LogP contribution >= 0.6 is 0 Å². The predicted octanol–water partition coefficient (Wildman–Crippen LogP) is 3.61. The maximum Gasteiger partial charge on any atom is 0.328 e. The zero-order chi connectivity index (χ0) is 19.8. The van der Waals surface area contributed by atoms with Crippen molar-refractivity contribution in [2.24, 2.45) is 28.6 Å². The summed E-state index contributed by atoms with van der Waals surface area (Å²) in [5, 5.41) is 20.4. The molecule has 0 heterocycles. The van der Waals surface area contributed by atoms with Gasteiger partial charge in [0.15, 0.2) is 11.5 Å². The van der Waals surface area contributed by atoms with Gasteiger partial charge in [-0.05, 0) is 62.0 Å². The molecule has 0 radical (unpaired) electrons. The molecular weight excluding hydrogens is 347 g/mol. The molecule has 0 amide bonds. The van der Waals surface area contributed by atoms with Gasteiger partial charge >= 0.3 is 5.97 Å². The van der Waals surface area contributed by atoms with Crippen molar-refractivity contribution in [3.8, 4) is 0 Å². The van der Waals surface area contributed by atoms with Gasteiger partial charge in [-0.15, -0.1) is 0 Å². The summed E-state index contributed by atoms with van der Waals surface area (Å²) in [6.45, 7) is 5.79. The lowest BCUT2D eigenvalue weighted by molar-refractivity contribution is -0.183. The minimum Gasteiger partial charge on any atom is -0.478 e. The summed E-state index contributed by atoms with van der Waals surface area (Å²) >= 11 is 0. The smallest absolute Gasteiger partial charge is 0.328 e. The van der Waals surface area contributed by atoms with Crippen LogP contribution in [0.1, 0.15) is 46.5 Å². The molecule has 0 spiro atoms. The molecule has 146 valence electrons. The van der Waals surface area contributed by atoms with Gasteiger partial charge < -0.3 is 10.2 Å². The standard InChI is InChI=1S/C22H27FO4/c1-12-8-17-15-5-4-13-9-14(24)6-7-21(13,3)22(15,23)18(25)11-20(17,2)16(12)10-19(26)27/h6-7,9-10,12,15,17-18,25H,4-5,8,11H2,1-3H3,(H,26,27)/b16-10+/t12-,15?,17?,18-,20+,21-,22-/m0/s1. The van der Waals surface area contributed by atoms with E-state index < -0.39 is 28.6 Å². The van der Waals surface area contributed by atoms with Crippen molar-refractivity contribution in [1.82, 2.24) is 0 Å². The van der Waals surface area contributed by atoms with Crippen LogP contribution < -0.4 is 0 Å². The number of aliphatic carboxylic acids is 1. The normalized spacial score (nSPS) is 50.0. The Morgan fingerprint density at radius 3 is 2.70 bits per heavy atom. The molecule has 0 aromatic carbocycles.